The molecule has 0 atom stereocenters. The maximum absolute atomic E-state index is 5.87. The molecule has 112 valence electrons. The SMILES string of the molecule is c1cc(OCc2noc3c2CCCC3)cc(-n2cncn2)c1. The van der Waals surface area contributed by atoms with E-state index < -0.39 is 0 Å². The molecule has 22 heavy (non-hydrogen) atoms. The van der Waals surface area contributed by atoms with Crippen molar-refractivity contribution in [2.45, 2.75) is 32.3 Å². The Bertz CT molecular complexity index is 764. The summed E-state index contributed by atoms with van der Waals surface area (Å²) in [4.78, 5) is 3.95. The average Bonchev–Trinajstić information content (AvgIpc) is 3.23. The topological polar surface area (TPSA) is 66.0 Å². The van der Waals surface area contributed by atoms with Gasteiger partial charge in [-0.2, -0.15) is 5.10 Å². The number of aromatic nitrogens is 4. The second kappa shape index (κ2) is 5.63. The van der Waals surface area contributed by atoms with Gasteiger partial charge in [0.05, 0.1) is 5.69 Å². The zero-order valence-corrected chi connectivity index (χ0v) is 12.1. The number of hydrogen-bond acceptors (Lipinski definition) is 5. The maximum atomic E-state index is 5.87. The van der Waals surface area contributed by atoms with Gasteiger partial charge >= 0.3 is 0 Å². The fraction of sp³-hybridized carbons (Fsp3) is 0.312. The standard InChI is InChI=1S/C16H16N4O2/c1-2-7-16-14(6-1)15(19-22-16)9-21-13-5-3-4-12(8-13)20-11-17-10-18-20/h3-5,8,10-11H,1-2,6-7,9H2. The van der Waals surface area contributed by atoms with E-state index in [4.69, 9.17) is 9.26 Å². The maximum Gasteiger partial charge on any atom is 0.140 e. The summed E-state index contributed by atoms with van der Waals surface area (Å²) in [5.74, 6) is 1.81. The third-order valence-corrected chi connectivity index (χ3v) is 3.91. The largest absolute Gasteiger partial charge is 0.487 e. The van der Waals surface area contributed by atoms with Gasteiger partial charge in [-0.25, -0.2) is 9.67 Å². The molecule has 0 saturated carbocycles. The summed E-state index contributed by atoms with van der Waals surface area (Å²) in [6.07, 6.45) is 7.58. The Balaban J connectivity index is 1.50. The Kier molecular flexibility index (Phi) is 3.34. The Morgan fingerprint density at radius 2 is 2.18 bits per heavy atom. The molecule has 1 aliphatic rings. The molecule has 6 nitrogen and oxygen atoms in total. The van der Waals surface area contributed by atoms with Crippen LogP contribution in [-0.4, -0.2) is 19.9 Å². The van der Waals surface area contributed by atoms with Gasteiger partial charge in [0.15, 0.2) is 0 Å². The predicted octanol–water partition coefficient (Wildman–Crippen LogP) is 2.71. The highest BCUT2D eigenvalue weighted by molar-refractivity contribution is 5.38. The van der Waals surface area contributed by atoms with Gasteiger partial charge in [-0.05, 0) is 31.4 Å². The molecule has 3 aromatic rings. The minimum absolute atomic E-state index is 0.430. The van der Waals surface area contributed by atoms with Gasteiger partial charge in [-0.1, -0.05) is 11.2 Å². The highest BCUT2D eigenvalue weighted by Gasteiger charge is 2.19. The molecule has 4 rings (SSSR count). The number of ether oxygens (including phenoxy) is 1. The summed E-state index contributed by atoms with van der Waals surface area (Å²) < 4.78 is 13.0. The molecule has 0 radical (unpaired) electrons. The smallest absolute Gasteiger partial charge is 0.140 e. The van der Waals surface area contributed by atoms with Crippen LogP contribution in [0, 0.1) is 0 Å². The van der Waals surface area contributed by atoms with Crippen molar-refractivity contribution in [2.75, 3.05) is 0 Å². The Morgan fingerprint density at radius 1 is 1.23 bits per heavy atom. The number of nitrogens with zero attached hydrogens (tertiary/aromatic N) is 4. The molecule has 0 fully saturated rings. The third kappa shape index (κ3) is 2.47. The van der Waals surface area contributed by atoms with Crippen LogP contribution in [0.1, 0.15) is 29.9 Å². The van der Waals surface area contributed by atoms with Crippen LogP contribution in [0.25, 0.3) is 5.69 Å². The van der Waals surface area contributed by atoms with Crippen LogP contribution in [0.2, 0.25) is 0 Å². The highest BCUT2D eigenvalue weighted by Crippen LogP contribution is 2.25. The predicted molar refractivity (Wildman–Crippen MR) is 78.8 cm³/mol. The molecule has 1 aromatic carbocycles. The van der Waals surface area contributed by atoms with Crippen LogP contribution in [0.5, 0.6) is 5.75 Å². The first-order chi connectivity index (χ1) is 10.9. The molecular weight excluding hydrogens is 280 g/mol. The molecule has 2 aromatic heterocycles. The van der Waals surface area contributed by atoms with Crippen molar-refractivity contribution in [3.8, 4) is 11.4 Å². The summed E-state index contributed by atoms with van der Waals surface area (Å²) in [7, 11) is 0. The van der Waals surface area contributed by atoms with Gasteiger partial charge in [0.25, 0.3) is 0 Å². The molecule has 6 heteroatoms. The minimum atomic E-state index is 0.430. The summed E-state index contributed by atoms with van der Waals surface area (Å²) in [5.41, 5.74) is 3.07. The first kappa shape index (κ1) is 13.1. The van der Waals surface area contributed by atoms with Crippen LogP contribution in [0.3, 0.4) is 0 Å². The van der Waals surface area contributed by atoms with E-state index in [1.807, 2.05) is 24.3 Å². The molecule has 2 heterocycles. The van der Waals surface area contributed by atoms with E-state index in [9.17, 15) is 0 Å². The van der Waals surface area contributed by atoms with Crippen molar-refractivity contribution < 1.29 is 9.26 Å². The third-order valence-electron chi connectivity index (χ3n) is 3.91. The zero-order valence-electron chi connectivity index (χ0n) is 12.1. The van der Waals surface area contributed by atoms with Crippen molar-refractivity contribution in [3.63, 3.8) is 0 Å². The molecule has 0 unspecified atom stereocenters. The number of benzene rings is 1. The molecular formula is C16H16N4O2. The van der Waals surface area contributed by atoms with Crippen LogP contribution in [-0.2, 0) is 19.4 Å². The van der Waals surface area contributed by atoms with Crippen LogP contribution in [0.15, 0.2) is 41.4 Å². The van der Waals surface area contributed by atoms with Crippen LogP contribution >= 0.6 is 0 Å². The Labute approximate surface area is 127 Å². The van der Waals surface area contributed by atoms with Crippen molar-refractivity contribution >= 4 is 0 Å². The first-order valence-corrected chi connectivity index (χ1v) is 7.44. The fourth-order valence-corrected chi connectivity index (χ4v) is 2.77. The van der Waals surface area contributed by atoms with Gasteiger partial charge in [-0.15, -0.1) is 0 Å². The van der Waals surface area contributed by atoms with Crippen molar-refractivity contribution in [1.29, 1.82) is 0 Å². The van der Waals surface area contributed by atoms with Gasteiger partial charge in [0.2, 0.25) is 0 Å². The lowest BCUT2D eigenvalue weighted by molar-refractivity contribution is 0.286. The second-order valence-corrected chi connectivity index (χ2v) is 5.36. The van der Waals surface area contributed by atoms with Gasteiger partial charge < -0.3 is 9.26 Å². The monoisotopic (exact) mass is 296 g/mol. The van der Waals surface area contributed by atoms with Gasteiger partial charge in [0, 0.05) is 18.1 Å². The van der Waals surface area contributed by atoms with Crippen molar-refractivity contribution in [3.05, 3.63) is 53.9 Å². The van der Waals surface area contributed by atoms with E-state index in [0.717, 1.165) is 35.7 Å². The lowest BCUT2D eigenvalue weighted by Crippen LogP contribution is -2.04. The number of aryl methyl sites for hydroxylation is 1. The summed E-state index contributed by atoms with van der Waals surface area (Å²) in [6.45, 7) is 0.430. The van der Waals surface area contributed by atoms with Crippen LogP contribution in [0.4, 0.5) is 0 Å². The molecule has 0 aliphatic heterocycles. The molecule has 0 spiro atoms. The second-order valence-electron chi connectivity index (χ2n) is 5.36. The number of rotatable bonds is 4. The Morgan fingerprint density at radius 3 is 3.09 bits per heavy atom. The van der Waals surface area contributed by atoms with E-state index in [1.165, 1.54) is 24.7 Å². The lowest BCUT2D eigenvalue weighted by Gasteiger charge is -2.10. The lowest BCUT2D eigenvalue weighted by atomic mass is 9.97. The molecule has 0 bridgehead atoms. The van der Waals surface area contributed by atoms with Gasteiger partial charge in [0.1, 0.15) is 36.5 Å². The minimum Gasteiger partial charge on any atom is -0.487 e. The van der Waals surface area contributed by atoms with E-state index in [1.54, 1.807) is 11.0 Å². The molecule has 0 saturated heterocycles. The molecule has 1 aliphatic carbocycles. The van der Waals surface area contributed by atoms with E-state index in [0.29, 0.717) is 6.61 Å². The number of fused-ring (bicyclic) bond motifs is 1. The summed E-state index contributed by atoms with van der Waals surface area (Å²) in [5, 5.41) is 8.28. The van der Waals surface area contributed by atoms with Gasteiger partial charge in [-0.3, -0.25) is 0 Å². The van der Waals surface area contributed by atoms with E-state index >= 15 is 0 Å². The zero-order chi connectivity index (χ0) is 14.8. The van der Waals surface area contributed by atoms with Crippen molar-refractivity contribution in [2.24, 2.45) is 0 Å². The molecule has 0 N–H and O–H groups in total. The Hall–Kier alpha value is -2.63. The summed E-state index contributed by atoms with van der Waals surface area (Å²) >= 11 is 0. The number of hydrogen-bond donors (Lipinski definition) is 0. The normalized spacial score (nSPS) is 13.8. The van der Waals surface area contributed by atoms with Crippen molar-refractivity contribution in [1.82, 2.24) is 19.9 Å². The quantitative estimate of drug-likeness (QED) is 0.740. The van der Waals surface area contributed by atoms with Crippen LogP contribution < -0.4 is 4.74 Å². The first-order valence-electron chi connectivity index (χ1n) is 7.44. The average molecular weight is 296 g/mol. The molecule has 0 amide bonds. The fourth-order valence-electron chi connectivity index (χ4n) is 2.77. The summed E-state index contributed by atoms with van der Waals surface area (Å²) in [6, 6.07) is 7.75. The van der Waals surface area contributed by atoms with E-state index in [-0.39, 0.29) is 0 Å². The highest BCUT2D eigenvalue weighted by atomic mass is 16.5. The van der Waals surface area contributed by atoms with E-state index in [2.05, 4.69) is 15.2 Å².